The minimum absolute atomic E-state index is 0.111. The van der Waals surface area contributed by atoms with E-state index in [9.17, 15) is 4.79 Å². The van der Waals surface area contributed by atoms with Crippen LogP contribution in [0.15, 0.2) is 24.3 Å². The van der Waals surface area contributed by atoms with Crippen LogP contribution in [0, 0.1) is 5.92 Å². The Bertz CT molecular complexity index is 471. The molecule has 2 aliphatic rings. The molecule has 3 rings (SSSR count). The molecule has 2 fully saturated rings. The normalized spacial score (nSPS) is 28.0. The van der Waals surface area contributed by atoms with Crippen molar-refractivity contribution in [3.8, 4) is 5.75 Å². The first kappa shape index (κ1) is 14.4. The van der Waals surface area contributed by atoms with Crippen molar-refractivity contribution >= 4 is 5.97 Å². The van der Waals surface area contributed by atoms with Gasteiger partial charge < -0.3 is 14.8 Å². The minimum Gasteiger partial charge on any atom is -0.497 e. The van der Waals surface area contributed by atoms with Crippen molar-refractivity contribution in [2.24, 2.45) is 5.92 Å². The highest BCUT2D eigenvalue weighted by atomic mass is 16.5. The Kier molecular flexibility index (Phi) is 4.44. The van der Waals surface area contributed by atoms with Gasteiger partial charge in [0.15, 0.2) is 0 Å². The van der Waals surface area contributed by atoms with Crippen LogP contribution in [0.5, 0.6) is 5.75 Å². The monoisotopic (exact) mass is 289 g/mol. The number of ether oxygens (including phenoxy) is 2. The van der Waals surface area contributed by atoms with Gasteiger partial charge in [-0.15, -0.1) is 0 Å². The molecule has 0 amide bonds. The number of esters is 1. The van der Waals surface area contributed by atoms with Crippen LogP contribution in [0.4, 0.5) is 0 Å². The fourth-order valence-corrected chi connectivity index (χ4v) is 3.48. The predicted molar refractivity (Wildman–Crippen MR) is 80.1 cm³/mol. The number of rotatable bonds is 4. The second-order valence-electron chi connectivity index (χ2n) is 6.06. The summed E-state index contributed by atoms with van der Waals surface area (Å²) in [6.07, 6.45) is 5.97. The number of nitrogens with one attached hydrogen (secondary N) is 1. The molecule has 3 atom stereocenters. The Morgan fingerprint density at radius 2 is 2.00 bits per heavy atom. The van der Waals surface area contributed by atoms with Crippen molar-refractivity contribution in [3.63, 3.8) is 0 Å². The molecule has 1 aliphatic heterocycles. The average Bonchev–Trinajstić information content (AvgIpc) is 2.97. The van der Waals surface area contributed by atoms with E-state index in [2.05, 4.69) is 5.32 Å². The second kappa shape index (κ2) is 6.48. The number of carbonyl (C=O) groups excluding carboxylic acids is 1. The van der Waals surface area contributed by atoms with Crippen molar-refractivity contribution < 1.29 is 14.3 Å². The first-order valence-corrected chi connectivity index (χ1v) is 7.82. The van der Waals surface area contributed by atoms with E-state index in [0.717, 1.165) is 17.7 Å². The Morgan fingerprint density at radius 3 is 2.71 bits per heavy atom. The summed E-state index contributed by atoms with van der Waals surface area (Å²) in [7, 11) is 1.64. The first-order valence-electron chi connectivity index (χ1n) is 7.82. The predicted octanol–water partition coefficient (Wildman–Crippen LogP) is 2.66. The molecule has 4 heteroatoms. The van der Waals surface area contributed by atoms with E-state index in [1.807, 2.05) is 24.3 Å². The van der Waals surface area contributed by atoms with Gasteiger partial charge in [0.2, 0.25) is 0 Å². The molecule has 1 aliphatic carbocycles. The standard InChI is InChI=1S/C17H23NO3/c1-20-14-8-6-12(7-9-14)11-21-17(19)16-10-13-4-2-3-5-15(13)18-16/h6-9,13,15-16,18H,2-5,10-11H2,1H3/t13-,15-,16-/m0/s1. The highest BCUT2D eigenvalue weighted by molar-refractivity contribution is 5.76. The molecule has 1 saturated carbocycles. The SMILES string of the molecule is COc1ccc(COC(=O)[C@@H]2C[C@@H]3CCCC[C@@H]3N2)cc1. The number of benzene rings is 1. The van der Waals surface area contributed by atoms with E-state index in [-0.39, 0.29) is 12.0 Å². The van der Waals surface area contributed by atoms with Gasteiger partial charge in [0.1, 0.15) is 18.4 Å². The third kappa shape index (κ3) is 3.38. The summed E-state index contributed by atoms with van der Waals surface area (Å²) < 4.78 is 10.6. The van der Waals surface area contributed by atoms with Gasteiger partial charge in [-0.2, -0.15) is 0 Å². The van der Waals surface area contributed by atoms with Crippen LogP contribution in [0.25, 0.3) is 0 Å². The van der Waals surface area contributed by atoms with E-state index in [0.29, 0.717) is 18.6 Å². The lowest BCUT2D eigenvalue weighted by Gasteiger charge is -2.24. The van der Waals surface area contributed by atoms with Crippen molar-refractivity contribution in [3.05, 3.63) is 29.8 Å². The quantitative estimate of drug-likeness (QED) is 0.866. The lowest BCUT2D eigenvalue weighted by Crippen LogP contribution is -2.37. The van der Waals surface area contributed by atoms with Gasteiger partial charge in [-0.05, 0) is 42.9 Å². The van der Waals surface area contributed by atoms with Crippen molar-refractivity contribution in [2.45, 2.75) is 50.8 Å². The highest BCUT2D eigenvalue weighted by Gasteiger charge is 2.38. The molecule has 21 heavy (non-hydrogen) atoms. The van der Waals surface area contributed by atoms with Crippen molar-refractivity contribution in [1.29, 1.82) is 0 Å². The lowest BCUT2D eigenvalue weighted by molar-refractivity contribution is -0.147. The number of fused-ring (bicyclic) bond motifs is 1. The van der Waals surface area contributed by atoms with Crippen LogP contribution in [-0.2, 0) is 16.1 Å². The van der Waals surface area contributed by atoms with Gasteiger partial charge >= 0.3 is 5.97 Å². The topological polar surface area (TPSA) is 47.6 Å². The molecular formula is C17H23NO3. The van der Waals surface area contributed by atoms with Crippen LogP contribution >= 0.6 is 0 Å². The zero-order valence-corrected chi connectivity index (χ0v) is 12.5. The molecule has 1 N–H and O–H groups in total. The summed E-state index contributed by atoms with van der Waals surface area (Å²) in [6.45, 7) is 0.330. The molecule has 0 unspecified atom stereocenters. The number of hydrogen-bond donors (Lipinski definition) is 1. The Balaban J connectivity index is 1.49. The molecule has 0 radical (unpaired) electrons. The maximum absolute atomic E-state index is 12.2. The van der Waals surface area contributed by atoms with Crippen LogP contribution < -0.4 is 10.1 Å². The van der Waals surface area contributed by atoms with Crippen molar-refractivity contribution in [2.75, 3.05) is 7.11 Å². The maximum atomic E-state index is 12.2. The zero-order chi connectivity index (χ0) is 14.7. The molecule has 1 saturated heterocycles. The number of carbonyl (C=O) groups is 1. The van der Waals surface area contributed by atoms with Crippen LogP contribution in [-0.4, -0.2) is 25.2 Å². The summed E-state index contributed by atoms with van der Waals surface area (Å²) in [5.41, 5.74) is 0.986. The van der Waals surface area contributed by atoms with E-state index < -0.39 is 0 Å². The van der Waals surface area contributed by atoms with Gasteiger partial charge in [-0.3, -0.25) is 4.79 Å². The summed E-state index contributed by atoms with van der Waals surface area (Å²) >= 11 is 0. The zero-order valence-electron chi connectivity index (χ0n) is 12.5. The summed E-state index contributed by atoms with van der Waals surface area (Å²) in [6, 6.07) is 8.02. The summed E-state index contributed by atoms with van der Waals surface area (Å²) in [5, 5.41) is 3.45. The van der Waals surface area contributed by atoms with Crippen LogP contribution in [0.3, 0.4) is 0 Å². The third-order valence-corrected chi connectivity index (χ3v) is 4.69. The van der Waals surface area contributed by atoms with E-state index in [4.69, 9.17) is 9.47 Å². The van der Waals surface area contributed by atoms with E-state index in [1.54, 1.807) is 7.11 Å². The van der Waals surface area contributed by atoms with E-state index in [1.165, 1.54) is 25.7 Å². The van der Waals surface area contributed by atoms with Crippen LogP contribution in [0.2, 0.25) is 0 Å². The molecule has 0 spiro atoms. The Morgan fingerprint density at radius 1 is 1.24 bits per heavy atom. The summed E-state index contributed by atoms with van der Waals surface area (Å²) in [5.74, 6) is 1.36. The van der Waals surface area contributed by atoms with Gasteiger partial charge in [0, 0.05) is 6.04 Å². The minimum atomic E-state index is -0.114. The van der Waals surface area contributed by atoms with Gasteiger partial charge in [0.25, 0.3) is 0 Å². The molecule has 4 nitrogen and oxygen atoms in total. The number of hydrogen-bond acceptors (Lipinski definition) is 4. The summed E-state index contributed by atoms with van der Waals surface area (Å²) in [4.78, 5) is 12.2. The molecular weight excluding hydrogens is 266 g/mol. The molecule has 1 heterocycles. The van der Waals surface area contributed by atoms with Crippen molar-refractivity contribution in [1.82, 2.24) is 5.32 Å². The van der Waals surface area contributed by atoms with Gasteiger partial charge in [-0.1, -0.05) is 25.0 Å². The smallest absolute Gasteiger partial charge is 0.323 e. The molecule has 0 bridgehead atoms. The fourth-order valence-electron chi connectivity index (χ4n) is 3.48. The van der Waals surface area contributed by atoms with E-state index >= 15 is 0 Å². The lowest BCUT2D eigenvalue weighted by atomic mass is 9.85. The Labute approximate surface area is 125 Å². The first-order chi connectivity index (χ1) is 10.3. The highest BCUT2D eigenvalue weighted by Crippen LogP contribution is 2.33. The fraction of sp³-hybridized carbons (Fsp3) is 0.588. The Hall–Kier alpha value is -1.55. The average molecular weight is 289 g/mol. The largest absolute Gasteiger partial charge is 0.497 e. The van der Waals surface area contributed by atoms with Crippen LogP contribution in [0.1, 0.15) is 37.7 Å². The molecule has 1 aromatic rings. The number of methoxy groups -OCH3 is 1. The molecule has 0 aromatic heterocycles. The molecule has 1 aromatic carbocycles. The molecule has 114 valence electrons. The van der Waals surface area contributed by atoms with Gasteiger partial charge in [0.05, 0.1) is 7.11 Å². The third-order valence-electron chi connectivity index (χ3n) is 4.69. The maximum Gasteiger partial charge on any atom is 0.323 e. The second-order valence-corrected chi connectivity index (χ2v) is 6.06. The van der Waals surface area contributed by atoms with Gasteiger partial charge in [-0.25, -0.2) is 0 Å².